The van der Waals surface area contributed by atoms with Gasteiger partial charge in [0.2, 0.25) is 0 Å². The van der Waals surface area contributed by atoms with Crippen molar-refractivity contribution in [1.29, 1.82) is 0 Å². The molecule has 0 radical (unpaired) electrons. The normalized spacial score (nSPS) is 21.0. The largest absolute Gasteiger partial charge is 0.465 e. The molecule has 226 valence electrons. The predicted molar refractivity (Wildman–Crippen MR) is 170 cm³/mol. The molecular formula is C33H42N8O2. The number of anilines is 3. The molecule has 0 spiro atoms. The van der Waals surface area contributed by atoms with Crippen LogP contribution in [-0.2, 0) is 6.54 Å². The van der Waals surface area contributed by atoms with Gasteiger partial charge in [-0.05, 0) is 67.9 Å². The molecule has 10 nitrogen and oxygen atoms in total. The number of imidazole rings is 1. The average molecular weight is 583 g/mol. The lowest BCUT2D eigenvalue weighted by Gasteiger charge is -2.44. The van der Waals surface area contributed by atoms with Crippen LogP contribution in [0.25, 0.3) is 16.9 Å². The van der Waals surface area contributed by atoms with E-state index < -0.39 is 6.09 Å². The Morgan fingerprint density at radius 3 is 2.70 bits per heavy atom. The summed E-state index contributed by atoms with van der Waals surface area (Å²) in [6, 6.07) is 17.3. The van der Waals surface area contributed by atoms with Crippen molar-refractivity contribution in [3.8, 4) is 11.3 Å². The van der Waals surface area contributed by atoms with Gasteiger partial charge >= 0.3 is 6.09 Å². The highest BCUT2D eigenvalue weighted by Gasteiger charge is 2.38. The molecule has 2 fully saturated rings. The van der Waals surface area contributed by atoms with Gasteiger partial charge in [-0.15, -0.1) is 0 Å². The minimum Gasteiger partial charge on any atom is -0.465 e. The fourth-order valence-corrected chi connectivity index (χ4v) is 6.52. The molecule has 3 atom stereocenters. The number of hydrogen-bond donors (Lipinski definition) is 3. The zero-order valence-electron chi connectivity index (χ0n) is 25.5. The molecule has 10 heteroatoms. The molecule has 5 heterocycles. The number of fused-ring (bicyclic) bond motifs is 1. The zero-order chi connectivity index (χ0) is 30.1. The second-order valence-corrected chi connectivity index (χ2v) is 13.0. The number of nitrogens with one attached hydrogen (secondary N) is 2. The van der Waals surface area contributed by atoms with E-state index in [-0.39, 0.29) is 17.5 Å². The third-order valence-corrected chi connectivity index (χ3v) is 8.87. The van der Waals surface area contributed by atoms with E-state index in [0.717, 1.165) is 59.2 Å². The van der Waals surface area contributed by atoms with Gasteiger partial charge in [0.05, 0.1) is 11.4 Å². The topological polar surface area (TPSA) is 111 Å². The number of benzene rings is 1. The maximum absolute atomic E-state index is 11.8. The standard InChI is InChI=1S/C33H42N8O2/c1-22-8-7-15-39(22)30-12-6-11-29(37-30)36-27-20-26(38-41-17-14-34-31(27)41)24-10-5-9-23(18-24)21-35-25-13-16-40(32(42)43)28(19-25)33(2,3)4/h5-6,9-12,14,17-18,20,22,25,28,35H,7-8,13,15-16,19,21H2,1-4H3,(H,36,37)(H,42,43). The molecule has 1 aromatic carbocycles. The van der Waals surface area contributed by atoms with Crippen LogP contribution in [0.3, 0.4) is 0 Å². The molecule has 2 aliphatic heterocycles. The highest BCUT2D eigenvalue weighted by molar-refractivity contribution is 5.77. The van der Waals surface area contributed by atoms with Gasteiger partial charge in [0, 0.05) is 55.7 Å². The summed E-state index contributed by atoms with van der Waals surface area (Å²) < 4.78 is 1.80. The van der Waals surface area contributed by atoms with Crippen molar-refractivity contribution in [1.82, 2.24) is 29.8 Å². The van der Waals surface area contributed by atoms with E-state index in [1.54, 1.807) is 15.6 Å². The van der Waals surface area contributed by atoms with Gasteiger partial charge < -0.3 is 25.5 Å². The van der Waals surface area contributed by atoms with Crippen LogP contribution in [-0.4, -0.2) is 66.9 Å². The van der Waals surface area contributed by atoms with Gasteiger partial charge in [0.15, 0.2) is 5.65 Å². The van der Waals surface area contributed by atoms with Gasteiger partial charge in [-0.25, -0.2) is 19.3 Å². The Balaban J connectivity index is 1.19. The Hall–Kier alpha value is -4.18. The van der Waals surface area contributed by atoms with Crippen molar-refractivity contribution in [3.63, 3.8) is 0 Å². The molecule has 2 saturated heterocycles. The Labute approximate surface area is 253 Å². The smallest absolute Gasteiger partial charge is 0.407 e. The first-order chi connectivity index (χ1) is 20.7. The third-order valence-electron chi connectivity index (χ3n) is 8.87. The quantitative estimate of drug-likeness (QED) is 0.237. The van der Waals surface area contributed by atoms with Crippen LogP contribution in [0.2, 0.25) is 0 Å². The molecule has 0 saturated carbocycles. The molecular weight excluding hydrogens is 540 g/mol. The van der Waals surface area contributed by atoms with Crippen LogP contribution in [0.5, 0.6) is 0 Å². The average Bonchev–Trinajstić information content (AvgIpc) is 3.65. The number of hydrogen-bond acceptors (Lipinski definition) is 7. The second-order valence-electron chi connectivity index (χ2n) is 13.0. The molecule has 6 rings (SSSR count). The van der Waals surface area contributed by atoms with E-state index in [2.05, 4.69) is 78.5 Å². The lowest BCUT2D eigenvalue weighted by molar-refractivity contribution is 0.0481. The number of amides is 1. The summed E-state index contributed by atoms with van der Waals surface area (Å²) in [5, 5.41) is 21.8. The number of likely N-dealkylation sites (tertiary alicyclic amines) is 1. The van der Waals surface area contributed by atoms with E-state index in [1.165, 1.54) is 12.8 Å². The SMILES string of the molecule is CC1CCCN1c1cccc(Nc2cc(-c3cccc(CNC4CCN(C(=O)O)C(C(C)(C)C)C4)c3)nn3ccnc23)n1. The first kappa shape index (κ1) is 28.9. The van der Waals surface area contributed by atoms with E-state index in [9.17, 15) is 9.90 Å². The number of nitrogens with zero attached hydrogens (tertiary/aromatic N) is 6. The van der Waals surface area contributed by atoms with Crippen LogP contribution in [0.15, 0.2) is 60.9 Å². The maximum atomic E-state index is 11.8. The van der Waals surface area contributed by atoms with Crippen molar-refractivity contribution in [2.45, 2.75) is 78.0 Å². The van der Waals surface area contributed by atoms with Crippen molar-refractivity contribution in [2.75, 3.05) is 23.3 Å². The van der Waals surface area contributed by atoms with Gasteiger partial charge in [0.25, 0.3) is 0 Å². The maximum Gasteiger partial charge on any atom is 0.407 e. The van der Waals surface area contributed by atoms with Crippen molar-refractivity contribution >= 4 is 29.1 Å². The van der Waals surface area contributed by atoms with Crippen molar-refractivity contribution in [3.05, 3.63) is 66.5 Å². The first-order valence-electron chi connectivity index (χ1n) is 15.3. The van der Waals surface area contributed by atoms with Crippen LogP contribution in [0.1, 0.15) is 58.9 Å². The summed E-state index contributed by atoms with van der Waals surface area (Å²) in [5.74, 6) is 1.77. The van der Waals surface area contributed by atoms with Crippen molar-refractivity contribution in [2.24, 2.45) is 5.41 Å². The second kappa shape index (κ2) is 11.8. The fourth-order valence-electron chi connectivity index (χ4n) is 6.52. The minimum absolute atomic E-state index is 0.0199. The lowest BCUT2D eigenvalue weighted by atomic mass is 9.79. The first-order valence-corrected chi connectivity index (χ1v) is 15.3. The summed E-state index contributed by atoms with van der Waals surface area (Å²) in [5.41, 5.74) is 4.47. The number of rotatable bonds is 7. The van der Waals surface area contributed by atoms with E-state index in [0.29, 0.717) is 19.1 Å². The monoisotopic (exact) mass is 582 g/mol. The molecule has 3 aromatic heterocycles. The Morgan fingerprint density at radius 2 is 1.93 bits per heavy atom. The lowest BCUT2D eigenvalue weighted by Crippen LogP contribution is -2.55. The van der Waals surface area contributed by atoms with Crippen LogP contribution < -0.4 is 15.5 Å². The molecule has 1 amide bonds. The molecule has 0 bridgehead atoms. The predicted octanol–water partition coefficient (Wildman–Crippen LogP) is 6.17. The van der Waals surface area contributed by atoms with Gasteiger partial charge in [-0.2, -0.15) is 5.10 Å². The minimum atomic E-state index is -0.827. The fraction of sp³-hybridized carbons (Fsp3) is 0.455. The van der Waals surface area contributed by atoms with Crippen LogP contribution in [0.4, 0.5) is 22.1 Å². The van der Waals surface area contributed by atoms with Gasteiger partial charge in [0.1, 0.15) is 11.6 Å². The van der Waals surface area contributed by atoms with E-state index in [4.69, 9.17) is 10.1 Å². The van der Waals surface area contributed by atoms with Crippen LogP contribution >= 0.6 is 0 Å². The number of pyridine rings is 1. The third kappa shape index (κ3) is 6.29. The van der Waals surface area contributed by atoms with E-state index >= 15 is 0 Å². The number of carbonyl (C=O) groups is 1. The van der Waals surface area contributed by atoms with Crippen molar-refractivity contribution < 1.29 is 9.90 Å². The molecule has 3 unspecified atom stereocenters. The summed E-state index contributed by atoms with van der Waals surface area (Å²) in [6.45, 7) is 10.9. The molecule has 2 aliphatic rings. The Bertz CT molecular complexity index is 1600. The number of aromatic nitrogens is 4. The van der Waals surface area contributed by atoms with Gasteiger partial charge in [-0.1, -0.05) is 45.0 Å². The summed E-state index contributed by atoms with van der Waals surface area (Å²) in [4.78, 5) is 25.3. The summed E-state index contributed by atoms with van der Waals surface area (Å²) in [7, 11) is 0. The summed E-state index contributed by atoms with van der Waals surface area (Å²) in [6.07, 6.45) is 6.78. The highest BCUT2D eigenvalue weighted by atomic mass is 16.4. The zero-order valence-corrected chi connectivity index (χ0v) is 25.5. The number of piperidine rings is 1. The number of carboxylic acid groups (broad SMARTS) is 1. The molecule has 3 N–H and O–H groups in total. The van der Waals surface area contributed by atoms with Gasteiger partial charge in [-0.3, -0.25) is 0 Å². The summed E-state index contributed by atoms with van der Waals surface area (Å²) >= 11 is 0. The molecule has 0 aliphatic carbocycles. The molecule has 4 aromatic rings. The Kier molecular flexibility index (Phi) is 7.96. The molecule has 43 heavy (non-hydrogen) atoms. The Morgan fingerprint density at radius 1 is 1.09 bits per heavy atom. The highest BCUT2D eigenvalue weighted by Crippen LogP contribution is 2.33. The van der Waals surface area contributed by atoms with Crippen LogP contribution in [0, 0.1) is 5.41 Å². The van der Waals surface area contributed by atoms with E-state index in [1.807, 2.05) is 24.4 Å².